The fourth-order valence-corrected chi connectivity index (χ4v) is 3.23. The fourth-order valence-electron chi connectivity index (χ4n) is 2.71. The summed E-state index contributed by atoms with van der Waals surface area (Å²) >= 11 is 0. The number of Topliss-reactive ketones (excluding diaryl/α,β-unsaturated/α-hetero) is 1. The van der Waals surface area contributed by atoms with Gasteiger partial charge in [0, 0.05) is 23.6 Å². The predicted molar refractivity (Wildman–Crippen MR) is 116 cm³/mol. The number of benzene rings is 1. The minimum atomic E-state index is -3.57. The number of nitriles is 1. The van der Waals surface area contributed by atoms with E-state index in [0.717, 1.165) is 6.26 Å². The highest BCUT2D eigenvalue weighted by molar-refractivity contribution is 7.95. The molecule has 0 aliphatic heterocycles. The van der Waals surface area contributed by atoms with Crippen molar-refractivity contribution in [3.8, 4) is 6.07 Å². The second-order valence-electron chi connectivity index (χ2n) is 7.87. The van der Waals surface area contributed by atoms with E-state index < -0.39 is 15.3 Å². The highest BCUT2D eigenvalue weighted by Gasteiger charge is 2.26. The maximum atomic E-state index is 12.7. The largest absolute Gasteiger partial charge is 0.344 e. The van der Waals surface area contributed by atoms with Gasteiger partial charge in [-0.2, -0.15) is 5.26 Å². The standard InChI is InChI=1S/C21H21N5O3S/c1-21(2,3)19(27)16-11-23-20-18(16)26-17(12-24-20)25-14-7-5-13(6-8-14)9-15(10-22)30(4,28)29/h5-9,11-12H,1-4H3,(H,23,24)(H,25,26). The van der Waals surface area contributed by atoms with Gasteiger partial charge in [0.05, 0.1) is 11.8 Å². The number of hydrogen-bond donors (Lipinski definition) is 2. The zero-order valence-corrected chi connectivity index (χ0v) is 17.8. The Morgan fingerprint density at radius 2 is 1.90 bits per heavy atom. The first kappa shape index (κ1) is 21.2. The number of nitrogens with one attached hydrogen (secondary N) is 2. The third-order valence-corrected chi connectivity index (χ3v) is 5.31. The monoisotopic (exact) mass is 423 g/mol. The molecule has 0 atom stereocenters. The van der Waals surface area contributed by atoms with Gasteiger partial charge in [-0.25, -0.2) is 18.4 Å². The molecule has 0 bridgehead atoms. The first-order valence-electron chi connectivity index (χ1n) is 9.07. The van der Waals surface area contributed by atoms with Crippen molar-refractivity contribution in [2.24, 2.45) is 5.41 Å². The molecule has 0 radical (unpaired) electrons. The van der Waals surface area contributed by atoms with Gasteiger partial charge in [0.25, 0.3) is 0 Å². The molecule has 8 nitrogen and oxygen atoms in total. The SMILES string of the molecule is CC(C)(C)C(=O)c1c[nH]c2ncc(Nc3ccc(C=C(C#N)S(C)(=O)=O)cc3)nc12. The van der Waals surface area contributed by atoms with E-state index in [9.17, 15) is 13.2 Å². The molecule has 0 unspecified atom stereocenters. The molecule has 0 amide bonds. The number of anilines is 2. The molecule has 9 heteroatoms. The summed E-state index contributed by atoms with van der Waals surface area (Å²) in [6.07, 6.45) is 5.48. The van der Waals surface area contributed by atoms with Crippen LogP contribution in [0.1, 0.15) is 36.7 Å². The first-order valence-corrected chi connectivity index (χ1v) is 11.0. The van der Waals surface area contributed by atoms with Gasteiger partial charge in [-0.3, -0.25) is 4.79 Å². The number of allylic oxidation sites excluding steroid dienone is 1. The lowest BCUT2D eigenvalue weighted by Gasteiger charge is -2.15. The van der Waals surface area contributed by atoms with Crippen LogP contribution >= 0.6 is 0 Å². The van der Waals surface area contributed by atoms with E-state index in [-0.39, 0.29) is 10.7 Å². The van der Waals surface area contributed by atoms with E-state index in [4.69, 9.17) is 5.26 Å². The number of H-pyrrole nitrogens is 1. The van der Waals surface area contributed by atoms with E-state index in [0.29, 0.717) is 33.8 Å². The summed E-state index contributed by atoms with van der Waals surface area (Å²) in [7, 11) is -3.57. The second kappa shape index (κ2) is 7.72. The van der Waals surface area contributed by atoms with Crippen molar-refractivity contribution in [2.45, 2.75) is 20.8 Å². The van der Waals surface area contributed by atoms with E-state index in [1.807, 2.05) is 20.8 Å². The van der Waals surface area contributed by atoms with Crippen LogP contribution in [0.4, 0.5) is 11.5 Å². The smallest absolute Gasteiger partial charge is 0.185 e. The molecule has 0 saturated heterocycles. The molecule has 1 aromatic carbocycles. The number of carbonyl (C=O) groups is 1. The normalized spacial score (nSPS) is 12.6. The van der Waals surface area contributed by atoms with Crippen LogP contribution in [0.5, 0.6) is 0 Å². The average Bonchev–Trinajstić information content (AvgIpc) is 3.08. The van der Waals surface area contributed by atoms with Gasteiger partial charge in [-0.1, -0.05) is 32.9 Å². The Labute approximate surface area is 174 Å². The van der Waals surface area contributed by atoms with Gasteiger partial charge >= 0.3 is 0 Å². The number of ketones is 1. The summed E-state index contributed by atoms with van der Waals surface area (Å²) in [5.41, 5.74) is 2.23. The Hall–Kier alpha value is -3.51. The van der Waals surface area contributed by atoms with Crippen LogP contribution in [0.2, 0.25) is 0 Å². The lowest BCUT2D eigenvalue weighted by Crippen LogP contribution is -2.20. The maximum absolute atomic E-state index is 12.7. The molecule has 30 heavy (non-hydrogen) atoms. The topological polar surface area (TPSA) is 129 Å². The van der Waals surface area contributed by atoms with Crippen molar-refractivity contribution in [1.29, 1.82) is 5.26 Å². The third-order valence-electron chi connectivity index (χ3n) is 4.30. The summed E-state index contributed by atoms with van der Waals surface area (Å²) < 4.78 is 23.1. The molecular weight excluding hydrogens is 402 g/mol. The van der Waals surface area contributed by atoms with E-state index in [1.54, 1.807) is 42.7 Å². The number of fused-ring (bicyclic) bond motifs is 1. The van der Waals surface area contributed by atoms with Crippen molar-refractivity contribution >= 4 is 44.4 Å². The number of carbonyl (C=O) groups excluding carboxylic acids is 1. The molecule has 3 rings (SSSR count). The Bertz CT molecular complexity index is 1290. The predicted octanol–water partition coefficient (Wildman–Crippen LogP) is 3.84. The molecular formula is C21H21N5O3S. The third kappa shape index (κ3) is 4.55. The number of sulfone groups is 1. The minimum absolute atomic E-state index is 0.0319. The number of aromatic nitrogens is 3. The van der Waals surface area contributed by atoms with E-state index >= 15 is 0 Å². The van der Waals surface area contributed by atoms with Crippen LogP contribution in [0, 0.1) is 16.7 Å². The van der Waals surface area contributed by atoms with E-state index in [1.165, 1.54) is 6.08 Å². The van der Waals surface area contributed by atoms with Gasteiger partial charge in [0.15, 0.2) is 21.3 Å². The summed E-state index contributed by atoms with van der Waals surface area (Å²) in [4.78, 5) is 24.2. The molecule has 2 aromatic heterocycles. The number of nitrogens with zero attached hydrogens (tertiary/aromatic N) is 3. The lowest BCUT2D eigenvalue weighted by atomic mass is 9.87. The Morgan fingerprint density at radius 1 is 1.23 bits per heavy atom. The summed E-state index contributed by atoms with van der Waals surface area (Å²) in [6, 6.07) is 8.52. The molecule has 0 fully saturated rings. The molecule has 154 valence electrons. The highest BCUT2D eigenvalue weighted by Crippen LogP contribution is 2.26. The van der Waals surface area contributed by atoms with Crippen molar-refractivity contribution in [3.05, 3.63) is 52.7 Å². The highest BCUT2D eigenvalue weighted by atomic mass is 32.2. The van der Waals surface area contributed by atoms with Gasteiger partial charge in [0.2, 0.25) is 0 Å². The number of rotatable bonds is 5. The maximum Gasteiger partial charge on any atom is 0.185 e. The van der Waals surface area contributed by atoms with E-state index in [2.05, 4.69) is 20.3 Å². The lowest BCUT2D eigenvalue weighted by molar-refractivity contribution is 0.0860. The van der Waals surface area contributed by atoms with Gasteiger partial charge in [-0.15, -0.1) is 0 Å². The Balaban J connectivity index is 1.87. The van der Waals surface area contributed by atoms with Crippen LogP contribution in [0.25, 0.3) is 17.2 Å². The minimum Gasteiger partial charge on any atom is -0.344 e. The van der Waals surface area contributed by atoms with Crippen LogP contribution in [-0.4, -0.2) is 35.4 Å². The average molecular weight is 423 g/mol. The van der Waals surface area contributed by atoms with Crippen LogP contribution < -0.4 is 5.32 Å². The quantitative estimate of drug-likeness (QED) is 0.471. The van der Waals surface area contributed by atoms with Crippen LogP contribution in [0.3, 0.4) is 0 Å². The van der Waals surface area contributed by atoms with Crippen molar-refractivity contribution in [3.63, 3.8) is 0 Å². The Morgan fingerprint density at radius 3 is 2.47 bits per heavy atom. The summed E-state index contributed by atoms with van der Waals surface area (Å²) in [5.74, 6) is 0.428. The van der Waals surface area contributed by atoms with Gasteiger partial charge in [0.1, 0.15) is 22.3 Å². The van der Waals surface area contributed by atoms with Gasteiger partial charge in [-0.05, 0) is 23.8 Å². The zero-order valence-electron chi connectivity index (χ0n) is 17.0. The summed E-state index contributed by atoms with van der Waals surface area (Å²) in [6.45, 7) is 5.55. The molecule has 0 spiro atoms. The van der Waals surface area contributed by atoms with Crippen molar-refractivity contribution in [1.82, 2.24) is 15.0 Å². The van der Waals surface area contributed by atoms with Gasteiger partial charge < -0.3 is 10.3 Å². The number of hydrogen-bond acceptors (Lipinski definition) is 7. The second-order valence-corrected chi connectivity index (χ2v) is 9.86. The summed E-state index contributed by atoms with van der Waals surface area (Å²) in [5, 5.41) is 12.1. The fraction of sp³-hybridized carbons (Fsp3) is 0.238. The molecule has 0 saturated carbocycles. The molecule has 2 N–H and O–H groups in total. The zero-order chi connectivity index (χ0) is 22.1. The number of aromatic amines is 1. The molecule has 3 aromatic rings. The van der Waals surface area contributed by atoms with Crippen molar-refractivity contribution < 1.29 is 13.2 Å². The van der Waals surface area contributed by atoms with Crippen molar-refractivity contribution in [2.75, 3.05) is 11.6 Å². The van der Waals surface area contributed by atoms with Crippen LogP contribution in [0.15, 0.2) is 41.6 Å². The first-order chi connectivity index (χ1) is 14.0. The Kier molecular flexibility index (Phi) is 5.46. The van der Waals surface area contributed by atoms with Crippen LogP contribution in [-0.2, 0) is 9.84 Å². The molecule has 0 aliphatic rings. The molecule has 0 aliphatic carbocycles. The molecule has 2 heterocycles.